The summed E-state index contributed by atoms with van der Waals surface area (Å²) in [5, 5.41) is 14.7. The predicted octanol–water partition coefficient (Wildman–Crippen LogP) is 0.439. The van der Waals surface area contributed by atoms with Crippen molar-refractivity contribution in [1.82, 2.24) is 10.6 Å². The number of hydrogen-bond donors (Lipinski definition) is 3. The fraction of sp³-hybridized carbons (Fsp3) is 0.900. The van der Waals surface area contributed by atoms with E-state index >= 15 is 0 Å². The van der Waals surface area contributed by atoms with Gasteiger partial charge in [0.2, 0.25) is 0 Å². The van der Waals surface area contributed by atoms with Crippen LogP contribution in [0.4, 0.5) is 0 Å². The van der Waals surface area contributed by atoms with E-state index in [1.807, 2.05) is 7.05 Å². The van der Waals surface area contributed by atoms with Gasteiger partial charge < -0.3 is 15.7 Å². The van der Waals surface area contributed by atoms with Crippen LogP contribution in [-0.2, 0) is 4.79 Å². The Morgan fingerprint density at radius 2 is 2.00 bits per heavy atom. The fourth-order valence-corrected chi connectivity index (χ4v) is 2.04. The first-order valence-corrected chi connectivity index (χ1v) is 5.32. The van der Waals surface area contributed by atoms with Gasteiger partial charge in [-0.3, -0.25) is 4.79 Å². The van der Waals surface area contributed by atoms with E-state index in [4.69, 9.17) is 5.11 Å². The normalized spacial score (nSPS) is 27.5. The Morgan fingerprint density at radius 1 is 1.36 bits per heavy atom. The van der Waals surface area contributed by atoms with Gasteiger partial charge in [-0.2, -0.15) is 0 Å². The molecule has 0 aromatic heterocycles. The first-order chi connectivity index (χ1) is 6.72. The maximum Gasteiger partial charge on any atom is 0.317 e. The van der Waals surface area contributed by atoms with Gasteiger partial charge in [0.05, 0.1) is 6.54 Å². The van der Waals surface area contributed by atoms with Crippen molar-refractivity contribution < 1.29 is 9.90 Å². The minimum atomic E-state index is -0.770. The van der Waals surface area contributed by atoms with Crippen molar-refractivity contribution in [1.29, 1.82) is 0 Å². The summed E-state index contributed by atoms with van der Waals surface area (Å²) in [6.07, 6.45) is 4.85. The number of rotatable bonds is 5. The highest BCUT2D eigenvalue weighted by molar-refractivity contribution is 5.68. The van der Waals surface area contributed by atoms with Crippen LogP contribution in [0.15, 0.2) is 0 Å². The van der Waals surface area contributed by atoms with E-state index < -0.39 is 5.97 Å². The highest BCUT2D eigenvalue weighted by Gasteiger charge is 2.19. The Morgan fingerprint density at radius 3 is 2.50 bits per heavy atom. The summed E-state index contributed by atoms with van der Waals surface area (Å²) in [6, 6.07) is 0.672. The Labute approximate surface area is 85.1 Å². The lowest BCUT2D eigenvalue weighted by molar-refractivity contribution is -0.136. The molecular weight excluding hydrogens is 180 g/mol. The Bertz CT molecular complexity index is 177. The average molecular weight is 200 g/mol. The van der Waals surface area contributed by atoms with Crippen molar-refractivity contribution in [2.45, 2.75) is 31.7 Å². The molecule has 0 saturated heterocycles. The molecule has 82 valence electrons. The molecule has 0 radical (unpaired) electrons. The third kappa shape index (κ3) is 4.07. The van der Waals surface area contributed by atoms with Gasteiger partial charge >= 0.3 is 5.97 Å². The van der Waals surface area contributed by atoms with Gasteiger partial charge in [-0.15, -0.1) is 0 Å². The molecule has 0 heterocycles. The molecule has 0 unspecified atom stereocenters. The summed E-state index contributed by atoms with van der Waals surface area (Å²) in [5.74, 6) is -0.104. The highest BCUT2D eigenvalue weighted by atomic mass is 16.4. The molecule has 0 amide bonds. The maximum atomic E-state index is 10.3. The van der Waals surface area contributed by atoms with Crippen LogP contribution in [0, 0.1) is 5.92 Å². The third-order valence-corrected chi connectivity index (χ3v) is 2.96. The molecule has 4 heteroatoms. The van der Waals surface area contributed by atoms with Gasteiger partial charge in [-0.1, -0.05) is 0 Å². The molecular formula is C10H20N2O2. The minimum absolute atomic E-state index is 0.0892. The standard InChI is InChI=1S/C10H20N2O2/c1-11-9-4-2-8(3-5-9)6-12-7-10(13)14/h8-9,11-12H,2-7H2,1H3,(H,13,14). The molecule has 4 nitrogen and oxygen atoms in total. The molecule has 0 spiro atoms. The fourth-order valence-electron chi connectivity index (χ4n) is 2.04. The zero-order chi connectivity index (χ0) is 10.4. The summed E-state index contributed by atoms with van der Waals surface area (Å²) < 4.78 is 0. The molecule has 1 aliphatic carbocycles. The molecule has 1 aliphatic rings. The van der Waals surface area contributed by atoms with Crippen LogP contribution < -0.4 is 10.6 Å². The van der Waals surface area contributed by atoms with Crippen molar-refractivity contribution in [3.63, 3.8) is 0 Å². The second-order valence-electron chi connectivity index (χ2n) is 4.03. The van der Waals surface area contributed by atoms with Crippen LogP contribution in [0.1, 0.15) is 25.7 Å². The molecule has 0 aromatic rings. The van der Waals surface area contributed by atoms with Crippen molar-refractivity contribution in [3.8, 4) is 0 Å². The van der Waals surface area contributed by atoms with E-state index in [9.17, 15) is 4.79 Å². The molecule has 0 aliphatic heterocycles. The number of carboxylic acid groups (broad SMARTS) is 1. The Kier molecular flexibility index (Phi) is 4.90. The van der Waals surface area contributed by atoms with Gasteiger partial charge in [0.1, 0.15) is 0 Å². The van der Waals surface area contributed by atoms with E-state index in [1.54, 1.807) is 0 Å². The summed E-state index contributed by atoms with van der Waals surface area (Å²) in [6.45, 7) is 0.939. The van der Waals surface area contributed by atoms with Crippen molar-refractivity contribution >= 4 is 5.97 Å². The molecule has 1 saturated carbocycles. The van der Waals surface area contributed by atoms with Crippen LogP contribution in [-0.4, -0.2) is 37.3 Å². The predicted molar refractivity (Wildman–Crippen MR) is 55.3 cm³/mol. The van der Waals surface area contributed by atoms with Gasteiger partial charge in [0, 0.05) is 6.04 Å². The van der Waals surface area contributed by atoms with Gasteiger partial charge in [0.15, 0.2) is 0 Å². The van der Waals surface area contributed by atoms with Gasteiger partial charge in [-0.05, 0) is 45.2 Å². The molecule has 1 fully saturated rings. The van der Waals surface area contributed by atoms with Crippen LogP contribution in [0.25, 0.3) is 0 Å². The summed E-state index contributed by atoms with van der Waals surface area (Å²) in [7, 11) is 2.01. The van der Waals surface area contributed by atoms with Crippen molar-refractivity contribution in [2.75, 3.05) is 20.1 Å². The van der Waals surface area contributed by atoms with Gasteiger partial charge in [-0.25, -0.2) is 0 Å². The van der Waals surface area contributed by atoms with E-state index in [-0.39, 0.29) is 6.54 Å². The number of nitrogens with one attached hydrogen (secondary N) is 2. The van der Waals surface area contributed by atoms with Crippen LogP contribution in [0.5, 0.6) is 0 Å². The molecule has 0 atom stereocenters. The quantitative estimate of drug-likeness (QED) is 0.602. The van der Waals surface area contributed by atoms with Gasteiger partial charge in [0.25, 0.3) is 0 Å². The van der Waals surface area contributed by atoms with Crippen LogP contribution in [0.2, 0.25) is 0 Å². The Hall–Kier alpha value is -0.610. The number of hydrogen-bond acceptors (Lipinski definition) is 3. The van der Waals surface area contributed by atoms with Crippen LogP contribution >= 0.6 is 0 Å². The number of carboxylic acids is 1. The second-order valence-corrected chi connectivity index (χ2v) is 4.03. The first kappa shape index (κ1) is 11.5. The SMILES string of the molecule is CNC1CCC(CNCC(=O)O)CC1. The lowest BCUT2D eigenvalue weighted by Gasteiger charge is -2.28. The van der Waals surface area contributed by atoms with E-state index in [1.165, 1.54) is 25.7 Å². The average Bonchev–Trinajstić information content (AvgIpc) is 2.18. The maximum absolute atomic E-state index is 10.3. The minimum Gasteiger partial charge on any atom is -0.480 e. The zero-order valence-electron chi connectivity index (χ0n) is 8.75. The zero-order valence-corrected chi connectivity index (χ0v) is 8.75. The monoisotopic (exact) mass is 200 g/mol. The van der Waals surface area contributed by atoms with Crippen molar-refractivity contribution in [3.05, 3.63) is 0 Å². The molecule has 3 N–H and O–H groups in total. The lowest BCUT2D eigenvalue weighted by atomic mass is 9.86. The highest BCUT2D eigenvalue weighted by Crippen LogP contribution is 2.23. The van der Waals surface area contributed by atoms with E-state index in [2.05, 4.69) is 10.6 Å². The van der Waals surface area contributed by atoms with E-state index in [0.29, 0.717) is 12.0 Å². The molecule has 1 rings (SSSR count). The topological polar surface area (TPSA) is 61.4 Å². The number of aliphatic carboxylic acids is 1. The Balaban J connectivity index is 2.07. The summed E-state index contributed by atoms with van der Waals surface area (Å²) in [4.78, 5) is 10.3. The molecule has 0 bridgehead atoms. The molecule has 14 heavy (non-hydrogen) atoms. The largest absolute Gasteiger partial charge is 0.480 e. The first-order valence-electron chi connectivity index (χ1n) is 5.32. The van der Waals surface area contributed by atoms with Crippen molar-refractivity contribution in [2.24, 2.45) is 5.92 Å². The van der Waals surface area contributed by atoms with E-state index in [0.717, 1.165) is 6.54 Å². The molecule has 0 aromatic carbocycles. The summed E-state index contributed by atoms with van der Waals surface area (Å²) in [5.41, 5.74) is 0. The number of carbonyl (C=O) groups is 1. The summed E-state index contributed by atoms with van der Waals surface area (Å²) >= 11 is 0. The third-order valence-electron chi connectivity index (χ3n) is 2.96. The lowest BCUT2D eigenvalue weighted by Crippen LogP contribution is -2.35. The van der Waals surface area contributed by atoms with Crippen LogP contribution in [0.3, 0.4) is 0 Å². The second kappa shape index (κ2) is 5.98. The smallest absolute Gasteiger partial charge is 0.317 e.